The quantitative estimate of drug-likeness (QED) is 0.728. The lowest BCUT2D eigenvalue weighted by atomic mass is 10.1. The summed E-state index contributed by atoms with van der Waals surface area (Å²) in [6, 6.07) is 1.63. The van der Waals surface area contributed by atoms with Gasteiger partial charge < -0.3 is 10.2 Å². The van der Waals surface area contributed by atoms with Gasteiger partial charge in [0.2, 0.25) is 0 Å². The predicted molar refractivity (Wildman–Crippen MR) is 64.2 cm³/mol. The minimum atomic E-state index is 0.810. The van der Waals surface area contributed by atoms with Gasteiger partial charge in [-0.05, 0) is 59.4 Å². The van der Waals surface area contributed by atoms with Crippen LogP contribution >= 0.6 is 0 Å². The molecule has 0 radical (unpaired) electrons. The van der Waals surface area contributed by atoms with E-state index < -0.39 is 0 Å². The zero-order chi connectivity index (χ0) is 10.7. The lowest BCUT2D eigenvalue weighted by molar-refractivity contribution is 0.205. The topological polar surface area (TPSA) is 18.5 Å². The number of rotatable bonds is 2. The van der Waals surface area contributed by atoms with Gasteiger partial charge in [-0.15, -0.1) is 0 Å². The maximum atomic E-state index is 3.47. The Labute approximate surface area is 93.8 Å². The Balaban J connectivity index is 1.83. The fourth-order valence-corrected chi connectivity index (χ4v) is 2.93. The van der Waals surface area contributed by atoms with Crippen molar-refractivity contribution < 1.29 is 0 Å². The third-order valence-corrected chi connectivity index (χ3v) is 4.01. The molecule has 0 aromatic rings. The second-order valence-corrected chi connectivity index (χ2v) is 5.23. The lowest BCUT2D eigenvalue weighted by Gasteiger charge is -2.27. The van der Waals surface area contributed by atoms with Crippen LogP contribution in [0.25, 0.3) is 0 Å². The summed E-state index contributed by atoms with van der Waals surface area (Å²) >= 11 is 0. The fraction of sp³-hybridized carbons (Fsp3) is 1.00. The van der Waals surface area contributed by atoms with Crippen molar-refractivity contribution in [3.63, 3.8) is 0 Å². The second-order valence-electron chi connectivity index (χ2n) is 5.23. The summed E-state index contributed by atoms with van der Waals surface area (Å²) in [7, 11) is 4.44. The molecule has 0 spiro atoms. The minimum Gasteiger partial charge on any atom is -0.315 e. The zero-order valence-electron chi connectivity index (χ0n) is 10.2. The van der Waals surface area contributed by atoms with Gasteiger partial charge in [0.25, 0.3) is 0 Å². The highest BCUT2D eigenvalue weighted by Crippen LogP contribution is 2.18. The first kappa shape index (κ1) is 11.4. The van der Waals surface area contributed by atoms with Crippen LogP contribution in [0, 0.1) is 0 Å². The lowest BCUT2D eigenvalue weighted by Crippen LogP contribution is -2.38. The first-order valence-corrected chi connectivity index (χ1v) is 6.38. The number of nitrogens with zero attached hydrogens (tertiary/aromatic N) is 2. The summed E-state index contributed by atoms with van der Waals surface area (Å²) in [6.07, 6.45) is 5.46. The van der Waals surface area contributed by atoms with Gasteiger partial charge in [0.05, 0.1) is 0 Å². The van der Waals surface area contributed by atoms with E-state index in [1.165, 1.54) is 51.9 Å². The van der Waals surface area contributed by atoms with Crippen LogP contribution in [-0.2, 0) is 0 Å². The van der Waals surface area contributed by atoms with Crippen LogP contribution in [0.2, 0.25) is 0 Å². The van der Waals surface area contributed by atoms with Gasteiger partial charge in [-0.1, -0.05) is 0 Å². The Morgan fingerprint density at radius 2 is 2.00 bits per heavy atom. The summed E-state index contributed by atoms with van der Waals surface area (Å²) < 4.78 is 0. The minimum absolute atomic E-state index is 0.810. The van der Waals surface area contributed by atoms with Crippen LogP contribution < -0.4 is 5.32 Å². The number of likely N-dealkylation sites (tertiary alicyclic amines) is 1. The van der Waals surface area contributed by atoms with Crippen molar-refractivity contribution in [2.75, 3.05) is 40.3 Å². The van der Waals surface area contributed by atoms with Crippen molar-refractivity contribution in [1.82, 2.24) is 15.1 Å². The van der Waals surface area contributed by atoms with E-state index in [1.807, 2.05) is 0 Å². The van der Waals surface area contributed by atoms with Gasteiger partial charge in [0.1, 0.15) is 0 Å². The van der Waals surface area contributed by atoms with Gasteiger partial charge in [0, 0.05) is 18.6 Å². The highest BCUT2D eigenvalue weighted by atomic mass is 15.2. The van der Waals surface area contributed by atoms with Crippen LogP contribution in [0.1, 0.15) is 25.7 Å². The molecule has 88 valence electrons. The largest absolute Gasteiger partial charge is 0.315 e. The summed E-state index contributed by atoms with van der Waals surface area (Å²) in [5, 5.41) is 3.47. The summed E-state index contributed by atoms with van der Waals surface area (Å²) in [5.74, 6) is 0. The fourth-order valence-electron chi connectivity index (χ4n) is 2.93. The molecule has 2 rings (SSSR count). The van der Waals surface area contributed by atoms with Gasteiger partial charge in [-0.25, -0.2) is 0 Å². The van der Waals surface area contributed by atoms with E-state index in [0.717, 1.165) is 12.1 Å². The van der Waals surface area contributed by atoms with Gasteiger partial charge in [-0.3, -0.25) is 4.90 Å². The van der Waals surface area contributed by atoms with Crippen molar-refractivity contribution in [2.24, 2.45) is 0 Å². The molecule has 0 saturated carbocycles. The number of nitrogens with one attached hydrogen (secondary N) is 1. The summed E-state index contributed by atoms with van der Waals surface area (Å²) in [4.78, 5) is 5.11. The van der Waals surface area contributed by atoms with Crippen LogP contribution in [0.4, 0.5) is 0 Å². The average Bonchev–Trinajstić information content (AvgIpc) is 2.62. The molecule has 3 heteroatoms. The Bertz CT molecular complexity index is 187. The van der Waals surface area contributed by atoms with Gasteiger partial charge in [0.15, 0.2) is 0 Å². The molecule has 0 aromatic heterocycles. The first-order chi connectivity index (χ1) is 7.27. The van der Waals surface area contributed by atoms with Crippen molar-refractivity contribution in [3.8, 4) is 0 Å². The molecule has 2 saturated heterocycles. The molecular formula is C12H25N3. The molecule has 1 N–H and O–H groups in total. The second kappa shape index (κ2) is 5.28. The molecule has 0 bridgehead atoms. The highest BCUT2D eigenvalue weighted by Gasteiger charge is 2.25. The molecule has 2 unspecified atom stereocenters. The maximum absolute atomic E-state index is 3.47. The van der Waals surface area contributed by atoms with Gasteiger partial charge >= 0.3 is 0 Å². The molecule has 2 aliphatic rings. The van der Waals surface area contributed by atoms with E-state index in [9.17, 15) is 0 Å². The molecule has 2 aliphatic heterocycles. The Kier molecular flexibility index (Phi) is 4.00. The number of hydrogen-bond acceptors (Lipinski definition) is 3. The molecule has 3 nitrogen and oxygen atoms in total. The van der Waals surface area contributed by atoms with Crippen LogP contribution in [0.15, 0.2) is 0 Å². The van der Waals surface area contributed by atoms with E-state index in [1.54, 1.807) is 0 Å². The normalized spacial score (nSPS) is 34.6. The third kappa shape index (κ3) is 2.92. The molecule has 2 heterocycles. The Hall–Kier alpha value is -0.120. The average molecular weight is 211 g/mol. The molecule has 0 aliphatic carbocycles. The molecule has 0 amide bonds. The van der Waals surface area contributed by atoms with Gasteiger partial charge in [-0.2, -0.15) is 0 Å². The van der Waals surface area contributed by atoms with E-state index in [2.05, 4.69) is 29.2 Å². The molecule has 2 atom stereocenters. The molecular weight excluding hydrogens is 186 g/mol. The number of hydrogen-bond donors (Lipinski definition) is 1. The van der Waals surface area contributed by atoms with E-state index in [0.29, 0.717) is 0 Å². The Morgan fingerprint density at radius 3 is 2.67 bits per heavy atom. The zero-order valence-corrected chi connectivity index (χ0v) is 10.2. The Morgan fingerprint density at radius 1 is 1.13 bits per heavy atom. The first-order valence-electron chi connectivity index (χ1n) is 6.38. The van der Waals surface area contributed by atoms with Crippen LogP contribution in [0.3, 0.4) is 0 Å². The van der Waals surface area contributed by atoms with Crippen LogP contribution in [0.5, 0.6) is 0 Å². The standard InChI is InChI=1S/C12H25N3/c1-14(2)11-4-3-8-15(9-6-11)12-5-7-13-10-12/h11-13H,3-10H2,1-2H3. The SMILES string of the molecule is CN(C)C1CCCN(C2CCNC2)CC1. The smallest absolute Gasteiger partial charge is 0.0232 e. The molecule has 0 aromatic carbocycles. The van der Waals surface area contributed by atoms with Crippen molar-refractivity contribution >= 4 is 0 Å². The van der Waals surface area contributed by atoms with E-state index in [4.69, 9.17) is 0 Å². The van der Waals surface area contributed by atoms with E-state index in [-0.39, 0.29) is 0 Å². The van der Waals surface area contributed by atoms with Crippen molar-refractivity contribution in [1.29, 1.82) is 0 Å². The van der Waals surface area contributed by atoms with Crippen molar-refractivity contribution in [2.45, 2.75) is 37.8 Å². The molecule has 2 fully saturated rings. The van der Waals surface area contributed by atoms with Crippen LogP contribution in [-0.4, -0.2) is 62.2 Å². The summed E-state index contributed by atoms with van der Waals surface area (Å²) in [6.45, 7) is 5.05. The third-order valence-electron chi connectivity index (χ3n) is 4.01. The summed E-state index contributed by atoms with van der Waals surface area (Å²) in [5.41, 5.74) is 0. The molecule has 15 heavy (non-hydrogen) atoms. The van der Waals surface area contributed by atoms with Crippen molar-refractivity contribution in [3.05, 3.63) is 0 Å². The monoisotopic (exact) mass is 211 g/mol. The maximum Gasteiger partial charge on any atom is 0.0232 e. The van der Waals surface area contributed by atoms with E-state index >= 15 is 0 Å². The highest BCUT2D eigenvalue weighted by molar-refractivity contribution is 4.84. The predicted octanol–water partition coefficient (Wildman–Crippen LogP) is 0.764.